The van der Waals surface area contributed by atoms with Crippen LogP contribution in [0, 0.1) is 15.9 Å². The predicted molar refractivity (Wildman–Crippen MR) is 90.8 cm³/mol. The second-order valence-electron chi connectivity index (χ2n) is 5.59. The molecular formula is C17H14ClFN2O5. The number of nitrogens with one attached hydrogen (secondary N) is 1. The number of hydrogen-bond acceptors (Lipinski definition) is 5. The smallest absolute Gasteiger partial charge is 0.270 e. The van der Waals surface area contributed by atoms with Crippen LogP contribution in [0.1, 0.15) is 21.5 Å². The molecule has 2 aromatic carbocycles. The van der Waals surface area contributed by atoms with Crippen molar-refractivity contribution in [3.8, 4) is 5.75 Å². The van der Waals surface area contributed by atoms with Gasteiger partial charge in [0.2, 0.25) is 0 Å². The van der Waals surface area contributed by atoms with E-state index >= 15 is 0 Å². The molecule has 0 bridgehead atoms. The lowest BCUT2D eigenvalue weighted by Gasteiger charge is -2.21. The third kappa shape index (κ3) is 3.92. The Morgan fingerprint density at radius 1 is 1.35 bits per heavy atom. The topological polar surface area (TPSA) is 90.7 Å². The number of nitrogens with zero attached hydrogens (tertiary/aromatic N) is 1. The van der Waals surface area contributed by atoms with Gasteiger partial charge in [-0.15, -0.1) is 0 Å². The molecule has 0 aliphatic carbocycles. The first-order valence-electron chi connectivity index (χ1n) is 7.69. The summed E-state index contributed by atoms with van der Waals surface area (Å²) < 4.78 is 24.2. The number of fused-ring (bicyclic) bond motifs is 1. The molecular weight excluding hydrogens is 367 g/mol. The maximum absolute atomic E-state index is 13.7. The molecule has 0 atom stereocenters. The van der Waals surface area contributed by atoms with E-state index in [1.165, 1.54) is 24.3 Å². The van der Waals surface area contributed by atoms with Crippen LogP contribution in [0.25, 0.3) is 0 Å². The van der Waals surface area contributed by atoms with E-state index in [1.54, 1.807) is 0 Å². The van der Waals surface area contributed by atoms with Gasteiger partial charge >= 0.3 is 0 Å². The van der Waals surface area contributed by atoms with Crippen LogP contribution < -0.4 is 10.1 Å². The fourth-order valence-corrected chi connectivity index (χ4v) is 2.91. The van der Waals surface area contributed by atoms with Crippen molar-refractivity contribution in [2.24, 2.45) is 0 Å². The highest BCUT2D eigenvalue weighted by atomic mass is 35.5. The Morgan fingerprint density at radius 3 is 2.88 bits per heavy atom. The van der Waals surface area contributed by atoms with E-state index in [1.807, 2.05) is 0 Å². The maximum Gasteiger partial charge on any atom is 0.270 e. The molecule has 7 nitrogen and oxygen atoms in total. The number of amides is 1. The normalized spacial score (nSPS) is 12.8. The highest BCUT2D eigenvalue weighted by Crippen LogP contribution is 2.29. The van der Waals surface area contributed by atoms with Gasteiger partial charge in [0.25, 0.3) is 11.6 Å². The predicted octanol–water partition coefficient (Wildman–Crippen LogP) is 3.23. The SMILES string of the molecule is O=C(NCCc1cc(F)cc2c1OCOC2)c1ccc([N+](=O)[O-])cc1Cl. The van der Waals surface area contributed by atoms with Crippen LogP contribution in [0.5, 0.6) is 5.75 Å². The maximum atomic E-state index is 13.7. The second kappa shape index (κ2) is 7.67. The summed E-state index contributed by atoms with van der Waals surface area (Å²) in [5, 5.41) is 13.4. The Labute approximate surface area is 152 Å². The Kier molecular flexibility index (Phi) is 5.34. The van der Waals surface area contributed by atoms with E-state index in [-0.39, 0.29) is 36.2 Å². The fourth-order valence-electron chi connectivity index (χ4n) is 2.65. The molecule has 1 heterocycles. The molecule has 3 rings (SSSR count). The molecule has 1 aliphatic heterocycles. The van der Waals surface area contributed by atoms with Gasteiger partial charge in [0, 0.05) is 24.2 Å². The number of nitro benzene ring substituents is 1. The second-order valence-corrected chi connectivity index (χ2v) is 6.00. The quantitative estimate of drug-likeness (QED) is 0.635. The van der Waals surface area contributed by atoms with Crippen LogP contribution in [0.4, 0.5) is 10.1 Å². The molecule has 26 heavy (non-hydrogen) atoms. The lowest BCUT2D eigenvalue weighted by molar-refractivity contribution is -0.384. The summed E-state index contributed by atoms with van der Waals surface area (Å²) in [6.07, 6.45) is 0.344. The number of ether oxygens (including phenoxy) is 2. The Hall–Kier alpha value is -2.71. The summed E-state index contributed by atoms with van der Waals surface area (Å²) >= 11 is 5.93. The minimum Gasteiger partial charge on any atom is -0.467 e. The van der Waals surface area contributed by atoms with Crippen LogP contribution in [0.2, 0.25) is 5.02 Å². The molecule has 1 N–H and O–H groups in total. The minimum atomic E-state index is -0.593. The van der Waals surface area contributed by atoms with Gasteiger partial charge in [-0.25, -0.2) is 4.39 Å². The molecule has 1 amide bonds. The van der Waals surface area contributed by atoms with Gasteiger partial charge in [-0.1, -0.05) is 11.6 Å². The highest BCUT2D eigenvalue weighted by Gasteiger charge is 2.18. The largest absolute Gasteiger partial charge is 0.467 e. The van der Waals surface area contributed by atoms with E-state index in [9.17, 15) is 19.3 Å². The zero-order valence-corrected chi connectivity index (χ0v) is 14.2. The Morgan fingerprint density at radius 2 is 2.15 bits per heavy atom. The molecule has 136 valence electrons. The molecule has 0 saturated heterocycles. The summed E-state index contributed by atoms with van der Waals surface area (Å²) in [5.74, 6) is -0.308. The van der Waals surface area contributed by atoms with E-state index in [4.69, 9.17) is 21.1 Å². The van der Waals surface area contributed by atoms with Gasteiger partial charge in [0.1, 0.15) is 11.6 Å². The van der Waals surface area contributed by atoms with Crippen molar-refractivity contribution < 1.29 is 23.6 Å². The van der Waals surface area contributed by atoms with Gasteiger partial charge in [0.15, 0.2) is 6.79 Å². The minimum absolute atomic E-state index is 0.0136. The fraction of sp³-hybridized carbons (Fsp3) is 0.235. The number of benzene rings is 2. The first-order valence-corrected chi connectivity index (χ1v) is 8.07. The molecule has 0 saturated carbocycles. The summed E-state index contributed by atoms with van der Waals surface area (Å²) in [5.41, 5.74) is 1.18. The standard InChI is InChI=1S/C17H14ClFN2O5/c18-15-7-13(21(23)24)1-2-14(15)17(22)20-4-3-10-5-12(19)6-11-8-25-9-26-16(10)11/h1-2,5-7H,3-4,8-9H2,(H,20,22). The Bertz CT molecular complexity index is 874. The van der Waals surface area contributed by atoms with Crippen LogP contribution >= 0.6 is 11.6 Å². The highest BCUT2D eigenvalue weighted by molar-refractivity contribution is 6.34. The molecule has 0 fully saturated rings. The number of halogens is 2. The lowest BCUT2D eigenvalue weighted by Crippen LogP contribution is -2.26. The molecule has 2 aromatic rings. The van der Waals surface area contributed by atoms with Gasteiger partial charge < -0.3 is 14.8 Å². The van der Waals surface area contributed by atoms with Gasteiger partial charge in [-0.05, 0) is 30.2 Å². The number of nitro groups is 1. The number of rotatable bonds is 5. The molecule has 9 heteroatoms. The Balaban J connectivity index is 1.66. The van der Waals surface area contributed by atoms with Crippen molar-refractivity contribution in [2.75, 3.05) is 13.3 Å². The van der Waals surface area contributed by atoms with Gasteiger partial charge in [-0.3, -0.25) is 14.9 Å². The number of carbonyl (C=O) groups is 1. The van der Waals surface area contributed by atoms with Crippen molar-refractivity contribution in [3.63, 3.8) is 0 Å². The van der Waals surface area contributed by atoms with E-state index in [0.717, 1.165) is 6.07 Å². The van der Waals surface area contributed by atoms with Crippen LogP contribution in [-0.4, -0.2) is 24.2 Å². The van der Waals surface area contributed by atoms with Gasteiger partial charge in [0.05, 0.1) is 22.1 Å². The first-order chi connectivity index (χ1) is 12.5. The summed E-state index contributed by atoms with van der Waals surface area (Å²) in [4.78, 5) is 22.3. The molecule has 0 unspecified atom stereocenters. The van der Waals surface area contributed by atoms with Crippen LogP contribution in [-0.2, 0) is 17.8 Å². The van der Waals surface area contributed by atoms with Gasteiger partial charge in [-0.2, -0.15) is 0 Å². The van der Waals surface area contributed by atoms with Crippen molar-refractivity contribution >= 4 is 23.2 Å². The summed E-state index contributed by atoms with van der Waals surface area (Å²) in [6.45, 7) is 0.577. The zero-order chi connectivity index (χ0) is 18.7. The summed E-state index contributed by atoms with van der Waals surface area (Å²) in [7, 11) is 0. The molecule has 1 aliphatic rings. The summed E-state index contributed by atoms with van der Waals surface area (Å²) in [6, 6.07) is 6.33. The zero-order valence-electron chi connectivity index (χ0n) is 13.5. The molecule has 0 aromatic heterocycles. The van der Waals surface area contributed by atoms with Crippen molar-refractivity contribution in [1.82, 2.24) is 5.32 Å². The third-order valence-corrected chi connectivity index (χ3v) is 4.15. The number of non-ortho nitro benzene ring substituents is 1. The molecule has 0 radical (unpaired) electrons. The average Bonchev–Trinajstić information content (AvgIpc) is 2.61. The average molecular weight is 381 g/mol. The van der Waals surface area contributed by atoms with Crippen LogP contribution in [0.3, 0.4) is 0 Å². The third-order valence-electron chi connectivity index (χ3n) is 3.84. The van der Waals surface area contributed by atoms with Crippen molar-refractivity contribution in [1.29, 1.82) is 0 Å². The lowest BCUT2D eigenvalue weighted by atomic mass is 10.1. The number of hydrogen-bond donors (Lipinski definition) is 1. The van der Waals surface area contributed by atoms with Crippen molar-refractivity contribution in [3.05, 3.63) is 68.0 Å². The number of carbonyl (C=O) groups excluding carboxylic acids is 1. The van der Waals surface area contributed by atoms with E-state index in [0.29, 0.717) is 23.3 Å². The van der Waals surface area contributed by atoms with E-state index in [2.05, 4.69) is 5.32 Å². The van der Waals surface area contributed by atoms with E-state index < -0.39 is 16.6 Å². The molecule has 0 spiro atoms. The first kappa shape index (κ1) is 18.1. The monoisotopic (exact) mass is 380 g/mol. The van der Waals surface area contributed by atoms with Crippen molar-refractivity contribution in [2.45, 2.75) is 13.0 Å². The van der Waals surface area contributed by atoms with Crippen LogP contribution in [0.15, 0.2) is 30.3 Å².